The van der Waals surface area contributed by atoms with Gasteiger partial charge in [-0.2, -0.15) is 0 Å². The number of ether oxygens (including phenoxy) is 1. The van der Waals surface area contributed by atoms with E-state index in [-0.39, 0.29) is 11.1 Å². The molecule has 0 bridgehead atoms. The Bertz CT molecular complexity index is 1140. The maximum absolute atomic E-state index is 15.3. The Morgan fingerprint density at radius 3 is 1.85 bits per heavy atom. The molecule has 214 valence electrons. The molecule has 0 aromatic heterocycles. The minimum Gasteiger partial charge on any atom is -0.378 e. The van der Waals surface area contributed by atoms with Gasteiger partial charge in [0.25, 0.3) is 0 Å². The van der Waals surface area contributed by atoms with Crippen LogP contribution in [-0.4, -0.2) is 12.7 Å². The van der Waals surface area contributed by atoms with E-state index in [0.717, 1.165) is 31.8 Å². The number of unbranched alkanes of at least 4 members (excludes halogenated alkanes) is 2. The van der Waals surface area contributed by atoms with Crippen molar-refractivity contribution in [2.24, 2.45) is 17.8 Å². The number of halogens is 4. The summed E-state index contributed by atoms with van der Waals surface area (Å²) in [7, 11) is 0. The van der Waals surface area contributed by atoms with Crippen LogP contribution in [0.3, 0.4) is 0 Å². The highest BCUT2D eigenvalue weighted by Gasteiger charge is 2.33. The molecule has 2 unspecified atom stereocenters. The van der Waals surface area contributed by atoms with Crippen molar-refractivity contribution in [3.05, 3.63) is 57.7 Å². The summed E-state index contributed by atoms with van der Waals surface area (Å²) in [6, 6.07) is 3.34. The molecule has 0 amide bonds. The predicted molar refractivity (Wildman–Crippen MR) is 149 cm³/mol. The Kier molecular flexibility index (Phi) is 9.36. The molecule has 1 nitrogen and oxygen atoms in total. The fourth-order valence-electron chi connectivity index (χ4n) is 7.49. The molecule has 1 aliphatic heterocycles. The van der Waals surface area contributed by atoms with Crippen LogP contribution < -0.4 is 0 Å². The first-order valence-corrected chi connectivity index (χ1v) is 15.5. The molecule has 2 aromatic carbocycles. The van der Waals surface area contributed by atoms with Crippen molar-refractivity contribution < 1.29 is 22.3 Å². The highest BCUT2D eigenvalue weighted by Crippen LogP contribution is 2.44. The average Bonchev–Trinajstić information content (AvgIpc) is 3.32. The van der Waals surface area contributed by atoms with Crippen molar-refractivity contribution in [1.29, 1.82) is 0 Å². The molecule has 0 radical (unpaired) electrons. The molecule has 1 saturated carbocycles. The van der Waals surface area contributed by atoms with Crippen LogP contribution in [-0.2, 0) is 24.0 Å². The Morgan fingerprint density at radius 1 is 0.667 bits per heavy atom. The summed E-state index contributed by atoms with van der Waals surface area (Å²) in [5.41, 5.74) is 1.62. The Morgan fingerprint density at radius 2 is 1.28 bits per heavy atom. The van der Waals surface area contributed by atoms with E-state index >= 15 is 8.78 Å². The molecule has 1 heterocycles. The zero-order valence-electron chi connectivity index (χ0n) is 23.7. The lowest BCUT2D eigenvalue weighted by molar-refractivity contribution is -0.0428. The lowest BCUT2D eigenvalue weighted by atomic mass is 9.72. The van der Waals surface area contributed by atoms with Crippen LogP contribution in [0, 0.1) is 41.0 Å². The molecule has 2 fully saturated rings. The van der Waals surface area contributed by atoms with Crippen molar-refractivity contribution in [3.63, 3.8) is 0 Å². The molecule has 0 spiro atoms. The van der Waals surface area contributed by atoms with Gasteiger partial charge >= 0.3 is 0 Å². The quantitative estimate of drug-likeness (QED) is 0.182. The molecule has 2 aromatic rings. The minimum atomic E-state index is -1.05. The van der Waals surface area contributed by atoms with Gasteiger partial charge in [-0.1, -0.05) is 64.5 Å². The summed E-state index contributed by atoms with van der Waals surface area (Å²) in [6.07, 6.45) is 15.3. The highest BCUT2D eigenvalue weighted by molar-refractivity contribution is 5.79. The van der Waals surface area contributed by atoms with Crippen molar-refractivity contribution in [1.82, 2.24) is 0 Å². The molecule has 5 heteroatoms. The van der Waals surface area contributed by atoms with Gasteiger partial charge in [0.2, 0.25) is 0 Å². The third-order valence-corrected chi connectivity index (χ3v) is 9.79. The molecule has 2 aliphatic carbocycles. The SMILES string of the molecule is CCCCCC1CCC(C2CCC(CCc3cc4c(c(F)c3F)-c3c(cc(CCC)c(F)c3F)C4)CC2)CO1. The molecular formula is C34H44F4O. The smallest absolute Gasteiger partial charge is 0.167 e. The van der Waals surface area contributed by atoms with Crippen LogP contribution in [0.1, 0.15) is 113 Å². The lowest BCUT2D eigenvalue weighted by Crippen LogP contribution is -2.32. The Balaban J connectivity index is 1.16. The number of aryl methyl sites for hydroxylation is 2. The van der Waals surface area contributed by atoms with Gasteiger partial charge in [-0.15, -0.1) is 0 Å². The summed E-state index contributed by atoms with van der Waals surface area (Å²) < 4.78 is 66.2. The summed E-state index contributed by atoms with van der Waals surface area (Å²) in [5, 5.41) is 0. The second-order valence-corrected chi connectivity index (χ2v) is 12.4. The Hall–Kier alpha value is -1.88. The largest absolute Gasteiger partial charge is 0.378 e. The molecule has 3 aliphatic rings. The van der Waals surface area contributed by atoms with Crippen LogP contribution >= 0.6 is 0 Å². The third kappa shape index (κ3) is 6.09. The van der Waals surface area contributed by atoms with Crippen LogP contribution in [0.25, 0.3) is 11.1 Å². The van der Waals surface area contributed by atoms with E-state index in [0.29, 0.717) is 65.9 Å². The van der Waals surface area contributed by atoms with Crippen molar-refractivity contribution >= 4 is 0 Å². The molecule has 5 rings (SSSR count). The standard InChI is InChI=1S/C34H44F4O/c1-3-5-6-8-28-16-15-25(20-39-28)22-12-9-21(10-13-22)11-14-24-18-27-19-26-17-23(7-4-2)31(35)33(37)29(26)30(27)34(38)32(24)36/h17-18,21-22,25,28H,3-16,19-20H2,1-2H3. The summed E-state index contributed by atoms with van der Waals surface area (Å²) in [5.74, 6) is -2.01. The van der Waals surface area contributed by atoms with Crippen LogP contribution in [0.5, 0.6) is 0 Å². The van der Waals surface area contributed by atoms with Crippen molar-refractivity contribution in [2.45, 2.75) is 116 Å². The van der Waals surface area contributed by atoms with E-state index in [1.807, 2.05) is 6.92 Å². The third-order valence-electron chi connectivity index (χ3n) is 9.79. The number of hydrogen-bond donors (Lipinski definition) is 0. The molecule has 0 N–H and O–H groups in total. The van der Waals surface area contributed by atoms with Gasteiger partial charge in [-0.05, 0) is 97.8 Å². The van der Waals surface area contributed by atoms with E-state index < -0.39 is 23.3 Å². The van der Waals surface area contributed by atoms with Crippen molar-refractivity contribution in [2.75, 3.05) is 6.61 Å². The van der Waals surface area contributed by atoms with E-state index in [2.05, 4.69) is 6.92 Å². The monoisotopic (exact) mass is 544 g/mol. The molecule has 1 saturated heterocycles. The Labute approximate surface area is 231 Å². The number of hydrogen-bond acceptors (Lipinski definition) is 1. The first-order chi connectivity index (χ1) is 18.9. The maximum Gasteiger partial charge on any atom is 0.167 e. The maximum atomic E-state index is 15.3. The highest BCUT2D eigenvalue weighted by atomic mass is 19.2. The second kappa shape index (κ2) is 12.7. The second-order valence-electron chi connectivity index (χ2n) is 12.4. The zero-order valence-corrected chi connectivity index (χ0v) is 23.7. The van der Waals surface area contributed by atoms with Crippen LogP contribution in [0.15, 0.2) is 12.1 Å². The minimum absolute atomic E-state index is 0.0893. The summed E-state index contributed by atoms with van der Waals surface area (Å²) in [6.45, 7) is 5.04. The van der Waals surface area contributed by atoms with E-state index in [1.165, 1.54) is 51.4 Å². The zero-order chi connectivity index (χ0) is 27.5. The van der Waals surface area contributed by atoms with Gasteiger partial charge in [0.05, 0.1) is 12.7 Å². The first-order valence-electron chi connectivity index (χ1n) is 15.5. The predicted octanol–water partition coefficient (Wildman–Crippen LogP) is 9.88. The van der Waals surface area contributed by atoms with Crippen molar-refractivity contribution in [3.8, 4) is 11.1 Å². The number of fused-ring (bicyclic) bond motifs is 3. The fourth-order valence-corrected chi connectivity index (χ4v) is 7.49. The fraction of sp³-hybridized carbons (Fsp3) is 0.647. The average molecular weight is 545 g/mol. The lowest BCUT2D eigenvalue weighted by Gasteiger charge is -2.38. The molecular weight excluding hydrogens is 500 g/mol. The topological polar surface area (TPSA) is 9.23 Å². The normalized spacial score (nSPS) is 24.6. The van der Waals surface area contributed by atoms with E-state index in [9.17, 15) is 8.78 Å². The number of benzene rings is 2. The van der Waals surface area contributed by atoms with Gasteiger partial charge in [0.15, 0.2) is 23.3 Å². The van der Waals surface area contributed by atoms with Gasteiger partial charge in [0, 0.05) is 11.1 Å². The van der Waals surface area contributed by atoms with Gasteiger partial charge in [-0.3, -0.25) is 0 Å². The summed E-state index contributed by atoms with van der Waals surface area (Å²) in [4.78, 5) is 0. The molecule has 2 atom stereocenters. The van der Waals surface area contributed by atoms with E-state index in [1.54, 1.807) is 12.1 Å². The first kappa shape index (κ1) is 28.6. The molecule has 39 heavy (non-hydrogen) atoms. The van der Waals surface area contributed by atoms with Crippen LogP contribution in [0.4, 0.5) is 17.6 Å². The number of rotatable bonds is 10. The van der Waals surface area contributed by atoms with Crippen LogP contribution in [0.2, 0.25) is 0 Å². The van der Waals surface area contributed by atoms with Gasteiger partial charge in [-0.25, -0.2) is 17.6 Å². The van der Waals surface area contributed by atoms with Gasteiger partial charge < -0.3 is 4.74 Å². The van der Waals surface area contributed by atoms with E-state index in [4.69, 9.17) is 4.74 Å². The van der Waals surface area contributed by atoms with Gasteiger partial charge in [0.1, 0.15) is 0 Å². The summed E-state index contributed by atoms with van der Waals surface area (Å²) >= 11 is 0.